The molecule has 0 amide bonds. The average Bonchev–Trinajstić information content (AvgIpc) is 2.25. The van der Waals surface area contributed by atoms with Crippen molar-refractivity contribution in [3.05, 3.63) is 23.8 Å². The van der Waals surface area contributed by atoms with Gasteiger partial charge in [-0.05, 0) is 39.0 Å². The third-order valence-electron chi connectivity index (χ3n) is 1.98. The van der Waals surface area contributed by atoms with Crippen molar-refractivity contribution in [1.82, 2.24) is 0 Å². The molecule has 2 nitrogen and oxygen atoms in total. The molecule has 0 aromatic heterocycles. The van der Waals surface area contributed by atoms with Crippen LogP contribution >= 0.6 is 0 Å². The van der Waals surface area contributed by atoms with Crippen molar-refractivity contribution >= 4 is 0 Å². The largest absolute Gasteiger partial charge is 0.497 e. The smallest absolute Gasteiger partial charge is 0.134 e. The summed E-state index contributed by atoms with van der Waals surface area (Å²) in [6, 6.07) is 5.62. The zero-order valence-corrected chi connectivity index (χ0v) is 10.5. The summed E-state index contributed by atoms with van der Waals surface area (Å²) in [6.45, 7) is 6.23. The third-order valence-corrected chi connectivity index (χ3v) is 1.98. The summed E-state index contributed by atoms with van der Waals surface area (Å²) >= 11 is 0. The van der Waals surface area contributed by atoms with Crippen LogP contribution in [0.3, 0.4) is 0 Å². The summed E-state index contributed by atoms with van der Waals surface area (Å²) in [5.41, 5.74) is 0.838. The predicted octanol–water partition coefficient (Wildman–Crippen LogP) is 3.10. The highest BCUT2D eigenvalue weighted by Gasteiger charge is 2.06. The minimum Gasteiger partial charge on any atom is -0.497 e. The molecule has 1 aromatic rings. The molecular weight excluding hydrogens is 200 g/mol. The SMILES string of the molecule is COc1ccc(OC)c(C#CC(C)(C)C)c1. The van der Waals surface area contributed by atoms with Crippen LogP contribution in [-0.2, 0) is 0 Å². The number of benzene rings is 1. The maximum Gasteiger partial charge on any atom is 0.134 e. The van der Waals surface area contributed by atoms with Gasteiger partial charge in [0.25, 0.3) is 0 Å². The standard InChI is InChI=1S/C14H18O2/c1-14(2,3)9-8-11-10-12(15-4)6-7-13(11)16-5/h6-7,10H,1-5H3. The van der Waals surface area contributed by atoms with Crippen LogP contribution in [0.5, 0.6) is 11.5 Å². The number of methoxy groups -OCH3 is 2. The van der Waals surface area contributed by atoms with E-state index in [0.29, 0.717) is 0 Å². The summed E-state index contributed by atoms with van der Waals surface area (Å²) in [7, 11) is 3.28. The first kappa shape index (κ1) is 12.4. The number of ether oxygens (including phenoxy) is 2. The van der Waals surface area contributed by atoms with Crippen LogP contribution in [0.25, 0.3) is 0 Å². The molecule has 0 aliphatic heterocycles. The fraction of sp³-hybridized carbons (Fsp3) is 0.429. The molecule has 0 heterocycles. The summed E-state index contributed by atoms with van der Waals surface area (Å²) in [4.78, 5) is 0. The van der Waals surface area contributed by atoms with E-state index < -0.39 is 0 Å². The summed E-state index contributed by atoms with van der Waals surface area (Å²) < 4.78 is 10.4. The van der Waals surface area contributed by atoms with Gasteiger partial charge in [0.15, 0.2) is 0 Å². The molecule has 0 N–H and O–H groups in total. The molecule has 2 heteroatoms. The Kier molecular flexibility index (Phi) is 3.84. The quantitative estimate of drug-likeness (QED) is 0.710. The summed E-state index contributed by atoms with van der Waals surface area (Å²) in [5.74, 6) is 7.87. The maximum absolute atomic E-state index is 5.25. The maximum atomic E-state index is 5.25. The highest BCUT2D eigenvalue weighted by molar-refractivity contribution is 5.50. The van der Waals surface area contributed by atoms with Crippen LogP contribution in [0.1, 0.15) is 26.3 Å². The molecule has 1 rings (SSSR count). The molecule has 0 saturated heterocycles. The second kappa shape index (κ2) is 4.94. The minimum atomic E-state index is -0.0198. The highest BCUT2D eigenvalue weighted by atomic mass is 16.5. The fourth-order valence-corrected chi connectivity index (χ4v) is 1.17. The number of hydrogen-bond acceptors (Lipinski definition) is 2. The van der Waals surface area contributed by atoms with E-state index >= 15 is 0 Å². The van der Waals surface area contributed by atoms with Crippen LogP contribution in [0.2, 0.25) is 0 Å². The van der Waals surface area contributed by atoms with Crippen LogP contribution < -0.4 is 9.47 Å². The lowest BCUT2D eigenvalue weighted by molar-refractivity contribution is 0.402. The second-order valence-corrected chi connectivity index (χ2v) is 4.57. The van der Waals surface area contributed by atoms with Gasteiger partial charge in [-0.15, -0.1) is 0 Å². The molecular formula is C14H18O2. The van der Waals surface area contributed by atoms with Gasteiger partial charge in [-0.25, -0.2) is 0 Å². The van der Waals surface area contributed by atoms with Crippen molar-refractivity contribution in [1.29, 1.82) is 0 Å². The van der Waals surface area contributed by atoms with Crippen molar-refractivity contribution < 1.29 is 9.47 Å². The van der Waals surface area contributed by atoms with Crippen molar-refractivity contribution in [3.8, 4) is 23.3 Å². The Morgan fingerprint density at radius 3 is 2.25 bits per heavy atom. The lowest BCUT2D eigenvalue weighted by Crippen LogP contribution is -1.99. The summed E-state index contributed by atoms with van der Waals surface area (Å²) in [6.07, 6.45) is 0. The zero-order chi connectivity index (χ0) is 12.2. The Morgan fingerprint density at radius 1 is 1.06 bits per heavy atom. The monoisotopic (exact) mass is 218 g/mol. The summed E-state index contributed by atoms with van der Waals surface area (Å²) in [5, 5.41) is 0. The Balaban J connectivity index is 3.13. The van der Waals surface area contributed by atoms with Gasteiger partial charge in [0.1, 0.15) is 11.5 Å². The van der Waals surface area contributed by atoms with E-state index in [1.165, 1.54) is 0 Å². The highest BCUT2D eigenvalue weighted by Crippen LogP contribution is 2.23. The first-order chi connectivity index (χ1) is 7.46. The van der Waals surface area contributed by atoms with Gasteiger partial charge in [-0.1, -0.05) is 11.8 Å². The van der Waals surface area contributed by atoms with Gasteiger partial charge in [-0.2, -0.15) is 0 Å². The Bertz CT molecular complexity index is 417. The van der Waals surface area contributed by atoms with Gasteiger partial charge in [0, 0.05) is 5.41 Å². The average molecular weight is 218 g/mol. The van der Waals surface area contributed by atoms with Crippen molar-refractivity contribution in [2.75, 3.05) is 14.2 Å². The van der Waals surface area contributed by atoms with Gasteiger partial charge in [0.05, 0.1) is 19.8 Å². The van der Waals surface area contributed by atoms with E-state index in [-0.39, 0.29) is 5.41 Å². The molecule has 0 unspecified atom stereocenters. The van der Waals surface area contributed by atoms with Crippen molar-refractivity contribution in [3.63, 3.8) is 0 Å². The van der Waals surface area contributed by atoms with Gasteiger partial charge < -0.3 is 9.47 Å². The first-order valence-corrected chi connectivity index (χ1v) is 5.21. The fourth-order valence-electron chi connectivity index (χ4n) is 1.17. The van der Waals surface area contributed by atoms with E-state index in [2.05, 4.69) is 32.6 Å². The first-order valence-electron chi connectivity index (χ1n) is 5.21. The van der Waals surface area contributed by atoms with Gasteiger partial charge in [0.2, 0.25) is 0 Å². The molecule has 0 atom stereocenters. The molecule has 86 valence electrons. The van der Waals surface area contributed by atoms with E-state index in [1.54, 1.807) is 14.2 Å². The molecule has 0 aliphatic carbocycles. The molecule has 0 bridgehead atoms. The van der Waals surface area contributed by atoms with Crippen LogP contribution in [0.15, 0.2) is 18.2 Å². The second-order valence-electron chi connectivity index (χ2n) is 4.57. The number of hydrogen-bond donors (Lipinski definition) is 0. The molecule has 0 saturated carbocycles. The van der Waals surface area contributed by atoms with E-state index in [0.717, 1.165) is 17.1 Å². The Labute approximate surface area is 97.6 Å². The van der Waals surface area contributed by atoms with Crippen LogP contribution in [0, 0.1) is 17.3 Å². The Hall–Kier alpha value is -1.62. The third kappa shape index (κ3) is 3.51. The molecule has 0 spiro atoms. The van der Waals surface area contributed by atoms with Crippen LogP contribution in [0.4, 0.5) is 0 Å². The molecule has 0 aliphatic rings. The normalized spacial score (nSPS) is 10.3. The minimum absolute atomic E-state index is 0.0198. The lowest BCUT2D eigenvalue weighted by atomic mass is 9.97. The van der Waals surface area contributed by atoms with E-state index in [4.69, 9.17) is 9.47 Å². The van der Waals surface area contributed by atoms with E-state index in [9.17, 15) is 0 Å². The van der Waals surface area contributed by atoms with Crippen molar-refractivity contribution in [2.45, 2.75) is 20.8 Å². The van der Waals surface area contributed by atoms with Gasteiger partial charge >= 0.3 is 0 Å². The molecule has 0 fully saturated rings. The molecule has 1 aromatic carbocycles. The zero-order valence-electron chi connectivity index (χ0n) is 10.5. The molecule has 0 radical (unpaired) electrons. The Morgan fingerprint density at radius 2 is 1.75 bits per heavy atom. The lowest BCUT2D eigenvalue weighted by Gasteiger charge is -2.09. The number of rotatable bonds is 2. The van der Waals surface area contributed by atoms with Crippen LogP contribution in [-0.4, -0.2) is 14.2 Å². The molecule has 16 heavy (non-hydrogen) atoms. The topological polar surface area (TPSA) is 18.5 Å². The van der Waals surface area contributed by atoms with Crippen molar-refractivity contribution in [2.24, 2.45) is 5.41 Å². The predicted molar refractivity (Wildman–Crippen MR) is 65.9 cm³/mol. The van der Waals surface area contributed by atoms with Gasteiger partial charge in [-0.3, -0.25) is 0 Å². The van der Waals surface area contributed by atoms with E-state index in [1.807, 2.05) is 18.2 Å².